The van der Waals surface area contributed by atoms with Crippen molar-refractivity contribution in [3.05, 3.63) is 23.8 Å². The number of ether oxygens (including phenoxy) is 1. The fraction of sp³-hybridized carbons (Fsp3) is 0.600. The van der Waals surface area contributed by atoms with E-state index in [0.717, 1.165) is 19.6 Å². The van der Waals surface area contributed by atoms with Crippen molar-refractivity contribution in [3.63, 3.8) is 0 Å². The number of likely N-dealkylation sites (tertiary alicyclic amines) is 1. The summed E-state index contributed by atoms with van der Waals surface area (Å²) in [7, 11) is 2.03. The average molecular weight is 264 g/mol. The molecule has 0 spiro atoms. The maximum absolute atomic E-state index is 9.70. The van der Waals surface area contributed by atoms with Crippen molar-refractivity contribution in [3.8, 4) is 11.5 Å². The van der Waals surface area contributed by atoms with E-state index in [2.05, 4.69) is 10.2 Å². The molecule has 0 bridgehead atoms. The van der Waals surface area contributed by atoms with E-state index in [1.165, 1.54) is 18.4 Å². The first-order valence-corrected chi connectivity index (χ1v) is 7.07. The molecule has 4 nitrogen and oxygen atoms in total. The second-order valence-electron chi connectivity index (χ2n) is 5.10. The molecule has 2 rings (SSSR count). The molecule has 106 valence electrons. The Bertz CT molecular complexity index is 409. The minimum Gasteiger partial charge on any atom is -0.504 e. The van der Waals surface area contributed by atoms with Crippen molar-refractivity contribution in [2.75, 3.05) is 26.7 Å². The monoisotopic (exact) mass is 264 g/mol. The van der Waals surface area contributed by atoms with E-state index in [4.69, 9.17) is 4.74 Å². The van der Waals surface area contributed by atoms with E-state index >= 15 is 0 Å². The van der Waals surface area contributed by atoms with Crippen LogP contribution in [0.5, 0.6) is 11.5 Å². The first-order valence-electron chi connectivity index (χ1n) is 7.07. The lowest BCUT2D eigenvalue weighted by molar-refractivity contribution is 0.187. The topological polar surface area (TPSA) is 44.7 Å². The number of hydrogen-bond acceptors (Lipinski definition) is 4. The second kappa shape index (κ2) is 6.78. The van der Waals surface area contributed by atoms with Gasteiger partial charge in [0.2, 0.25) is 0 Å². The summed E-state index contributed by atoms with van der Waals surface area (Å²) in [6.45, 7) is 5.64. The number of piperidine rings is 1. The highest BCUT2D eigenvalue weighted by Gasteiger charge is 2.18. The molecule has 1 aliphatic heterocycles. The lowest BCUT2D eigenvalue weighted by Gasteiger charge is -2.32. The summed E-state index contributed by atoms with van der Waals surface area (Å²) >= 11 is 0. The molecule has 4 heteroatoms. The normalized spacial score (nSPS) is 20.4. The molecule has 1 fully saturated rings. The van der Waals surface area contributed by atoms with E-state index in [0.29, 0.717) is 18.4 Å². The largest absolute Gasteiger partial charge is 0.504 e. The molecule has 0 amide bonds. The zero-order valence-corrected chi connectivity index (χ0v) is 11.9. The van der Waals surface area contributed by atoms with Gasteiger partial charge in [-0.2, -0.15) is 0 Å². The molecule has 1 aromatic carbocycles. The van der Waals surface area contributed by atoms with Crippen LogP contribution < -0.4 is 10.1 Å². The third-order valence-electron chi connectivity index (χ3n) is 3.64. The highest BCUT2D eigenvalue weighted by atomic mass is 16.5. The maximum Gasteiger partial charge on any atom is 0.161 e. The second-order valence-corrected chi connectivity index (χ2v) is 5.10. The third kappa shape index (κ3) is 3.85. The minimum atomic E-state index is 0.220. The Morgan fingerprint density at radius 2 is 2.32 bits per heavy atom. The van der Waals surface area contributed by atoms with Gasteiger partial charge in [0.15, 0.2) is 11.5 Å². The average Bonchev–Trinajstić information content (AvgIpc) is 2.43. The lowest BCUT2D eigenvalue weighted by atomic mass is 10.0. The number of aromatic hydroxyl groups is 1. The molecule has 1 unspecified atom stereocenters. The quantitative estimate of drug-likeness (QED) is 0.853. The van der Waals surface area contributed by atoms with Crippen LogP contribution in [0.2, 0.25) is 0 Å². The van der Waals surface area contributed by atoms with Gasteiger partial charge in [-0.15, -0.1) is 0 Å². The Morgan fingerprint density at radius 1 is 1.47 bits per heavy atom. The van der Waals surface area contributed by atoms with E-state index in [1.54, 1.807) is 6.07 Å². The van der Waals surface area contributed by atoms with Gasteiger partial charge in [-0.1, -0.05) is 6.07 Å². The summed E-state index contributed by atoms with van der Waals surface area (Å²) < 4.78 is 5.43. The Morgan fingerprint density at radius 3 is 3.05 bits per heavy atom. The molecule has 1 heterocycles. The van der Waals surface area contributed by atoms with Crippen LogP contribution in [0.25, 0.3) is 0 Å². The van der Waals surface area contributed by atoms with E-state index in [1.807, 2.05) is 26.1 Å². The zero-order chi connectivity index (χ0) is 13.7. The Labute approximate surface area is 115 Å². The van der Waals surface area contributed by atoms with Crippen molar-refractivity contribution < 1.29 is 9.84 Å². The molecule has 1 saturated heterocycles. The standard InChI is InChI=1S/C15H24N2O2/c1-3-19-15-9-12(6-7-14(15)18)10-17-8-4-5-13(11-17)16-2/h6-7,9,13,16,18H,3-5,8,10-11H2,1-2H3. The summed E-state index contributed by atoms with van der Waals surface area (Å²) in [5.74, 6) is 0.805. The third-order valence-corrected chi connectivity index (χ3v) is 3.64. The molecule has 0 aliphatic carbocycles. The molecule has 1 aromatic rings. The molecule has 2 N–H and O–H groups in total. The Hall–Kier alpha value is -1.26. The van der Waals surface area contributed by atoms with Crippen molar-refractivity contribution in [2.24, 2.45) is 0 Å². The molecule has 19 heavy (non-hydrogen) atoms. The van der Waals surface area contributed by atoms with Crippen LogP contribution in [-0.4, -0.2) is 42.8 Å². The number of hydrogen-bond donors (Lipinski definition) is 2. The van der Waals surface area contributed by atoms with E-state index in [9.17, 15) is 5.11 Å². The molecule has 0 radical (unpaired) electrons. The number of nitrogens with zero attached hydrogens (tertiary/aromatic N) is 1. The number of nitrogens with one attached hydrogen (secondary N) is 1. The lowest BCUT2D eigenvalue weighted by Crippen LogP contribution is -2.43. The smallest absolute Gasteiger partial charge is 0.161 e. The predicted molar refractivity (Wildman–Crippen MR) is 76.6 cm³/mol. The SMILES string of the molecule is CCOc1cc(CN2CCCC(NC)C2)ccc1O. The van der Waals surface area contributed by atoms with Crippen molar-refractivity contribution in [1.82, 2.24) is 10.2 Å². The molecule has 0 saturated carbocycles. The first kappa shape index (κ1) is 14.2. The molecular weight excluding hydrogens is 240 g/mol. The number of rotatable bonds is 5. The molecule has 1 aliphatic rings. The summed E-state index contributed by atoms with van der Waals surface area (Å²) in [5.41, 5.74) is 1.19. The van der Waals surface area contributed by atoms with Gasteiger partial charge in [0.25, 0.3) is 0 Å². The van der Waals surface area contributed by atoms with Crippen LogP contribution in [0.4, 0.5) is 0 Å². The van der Waals surface area contributed by atoms with Crippen LogP contribution in [0.15, 0.2) is 18.2 Å². The highest BCUT2D eigenvalue weighted by molar-refractivity contribution is 5.41. The Balaban J connectivity index is 2.00. The Kier molecular flexibility index (Phi) is 5.05. The minimum absolute atomic E-state index is 0.220. The van der Waals surface area contributed by atoms with Crippen molar-refractivity contribution in [1.29, 1.82) is 0 Å². The first-order chi connectivity index (χ1) is 9.22. The van der Waals surface area contributed by atoms with Crippen LogP contribution in [0, 0.1) is 0 Å². The fourth-order valence-corrected chi connectivity index (χ4v) is 2.62. The number of benzene rings is 1. The van der Waals surface area contributed by atoms with Gasteiger partial charge in [0, 0.05) is 19.1 Å². The number of likely N-dealkylation sites (N-methyl/N-ethyl adjacent to an activating group) is 1. The zero-order valence-electron chi connectivity index (χ0n) is 11.9. The molecule has 0 aromatic heterocycles. The van der Waals surface area contributed by atoms with Gasteiger partial charge in [-0.05, 0) is 51.1 Å². The van der Waals surface area contributed by atoms with Gasteiger partial charge in [0.1, 0.15) is 0 Å². The fourth-order valence-electron chi connectivity index (χ4n) is 2.62. The van der Waals surface area contributed by atoms with Crippen molar-refractivity contribution in [2.45, 2.75) is 32.4 Å². The maximum atomic E-state index is 9.70. The van der Waals surface area contributed by atoms with Crippen LogP contribution >= 0.6 is 0 Å². The van der Waals surface area contributed by atoms with Crippen molar-refractivity contribution >= 4 is 0 Å². The molecular formula is C15H24N2O2. The number of phenols is 1. The van der Waals surface area contributed by atoms with Gasteiger partial charge in [-0.3, -0.25) is 4.90 Å². The molecule has 1 atom stereocenters. The highest BCUT2D eigenvalue weighted by Crippen LogP contribution is 2.27. The van der Waals surface area contributed by atoms with Gasteiger partial charge < -0.3 is 15.2 Å². The van der Waals surface area contributed by atoms with Crippen LogP contribution in [0.3, 0.4) is 0 Å². The van der Waals surface area contributed by atoms with E-state index < -0.39 is 0 Å². The summed E-state index contributed by atoms with van der Waals surface area (Å²) in [6.07, 6.45) is 2.49. The summed E-state index contributed by atoms with van der Waals surface area (Å²) in [4.78, 5) is 2.45. The summed E-state index contributed by atoms with van der Waals surface area (Å²) in [5, 5.41) is 13.1. The summed E-state index contributed by atoms with van der Waals surface area (Å²) in [6, 6.07) is 6.24. The van der Waals surface area contributed by atoms with Crippen LogP contribution in [-0.2, 0) is 6.54 Å². The van der Waals surface area contributed by atoms with Gasteiger partial charge in [0.05, 0.1) is 6.61 Å². The van der Waals surface area contributed by atoms with Crippen LogP contribution in [0.1, 0.15) is 25.3 Å². The van der Waals surface area contributed by atoms with Gasteiger partial charge >= 0.3 is 0 Å². The van der Waals surface area contributed by atoms with Gasteiger partial charge in [-0.25, -0.2) is 0 Å². The predicted octanol–water partition coefficient (Wildman–Crippen LogP) is 1.97. The van der Waals surface area contributed by atoms with E-state index in [-0.39, 0.29) is 5.75 Å². The number of phenolic OH excluding ortho intramolecular Hbond substituents is 1.